The summed E-state index contributed by atoms with van der Waals surface area (Å²) >= 11 is 0. The van der Waals surface area contributed by atoms with Crippen LogP contribution in [0.5, 0.6) is 0 Å². The summed E-state index contributed by atoms with van der Waals surface area (Å²) in [6.45, 7) is 80.5. The van der Waals surface area contributed by atoms with E-state index in [-0.39, 0.29) is 122 Å². The molecule has 3 heterocycles. The van der Waals surface area contributed by atoms with E-state index >= 15 is 0 Å². The SMILES string of the molecule is C=C.C=C.CC.CC.CC(C)C1(O)CCCCC1.CC(C)C1(O)CCCCC1.CC(C)[C@@]1(O)CCCC(=O)C1.CC(C)[C@@]1(O)CCC[C@@H](OC(=O)C(C)(C)c2ccccc2)C1.CC1(C)CC(O)CC2(C)C1CCC1(C)OC(=O)CC12.CC1(C)CCC(=O)C2(C)C1CCC1(C)OC(=O)CC12.CC1(C)CCCC2(C)C1CCC1(C)OC(=O)CC12.CCC1CCCCC1CC.CC[C@@H]1C[C@H](OC(=O)C(C)(C)c2ccccc2)CC[C@@H]1CC. The van der Waals surface area contributed by atoms with E-state index in [2.05, 4.69) is 158 Å². The molecule has 0 radical (unpaired) electrons. The Labute approximate surface area is 911 Å². The zero-order chi connectivity index (χ0) is 113. The lowest BCUT2D eigenvalue weighted by Crippen LogP contribution is -2.59. The highest BCUT2D eigenvalue weighted by atomic mass is 16.6. The molecule has 149 heavy (non-hydrogen) atoms. The lowest BCUT2D eigenvalue weighted by atomic mass is 9.45. The van der Waals surface area contributed by atoms with Crippen molar-refractivity contribution in [3.8, 4) is 0 Å². The fourth-order valence-electron chi connectivity index (χ4n) is 31.0. The third kappa shape index (κ3) is 33.5. The largest absolute Gasteiger partial charge is 0.462 e. The fraction of sp³-hybridized carbons (Fsp3) is 0.826. The molecular formula is C132H226O17. The fourth-order valence-corrected chi connectivity index (χ4v) is 31.0. The molecule has 17 nitrogen and oxygen atoms in total. The van der Waals surface area contributed by atoms with Crippen molar-refractivity contribution in [3.63, 3.8) is 0 Å². The van der Waals surface area contributed by atoms with Gasteiger partial charge in [-0.2, -0.15) is 0 Å². The molecule has 15 aliphatic rings. The number of aliphatic hydroxyl groups is 5. The van der Waals surface area contributed by atoms with Gasteiger partial charge in [0.1, 0.15) is 40.6 Å². The molecule has 12 aliphatic carbocycles. The van der Waals surface area contributed by atoms with Crippen LogP contribution in [0, 0.1) is 115 Å². The first-order valence-electron chi connectivity index (χ1n) is 60.4. The maximum atomic E-state index is 12.7. The Morgan fingerprint density at radius 2 is 0.732 bits per heavy atom. The highest BCUT2D eigenvalue weighted by Gasteiger charge is 2.68. The Morgan fingerprint density at radius 3 is 1.13 bits per heavy atom. The highest BCUT2D eigenvalue weighted by molar-refractivity contribution is 5.88. The third-order valence-electron chi connectivity index (χ3n) is 41.0. The number of aliphatic hydroxyl groups excluding tert-OH is 1. The van der Waals surface area contributed by atoms with Gasteiger partial charge in [0, 0.05) is 48.9 Å². The Morgan fingerprint density at radius 1 is 0.362 bits per heavy atom. The van der Waals surface area contributed by atoms with Gasteiger partial charge in [-0.05, 0) is 299 Å². The van der Waals surface area contributed by atoms with Crippen LogP contribution in [-0.2, 0) is 68.1 Å². The molecule has 17 rings (SSSR count). The number of hydrogen-bond acceptors (Lipinski definition) is 17. The van der Waals surface area contributed by atoms with Gasteiger partial charge in [-0.25, -0.2) is 0 Å². The average Bonchev–Trinajstić information content (AvgIpc) is 1.62. The van der Waals surface area contributed by atoms with Crippen LogP contribution in [0.4, 0.5) is 0 Å². The van der Waals surface area contributed by atoms with Crippen LogP contribution < -0.4 is 0 Å². The molecule has 17 heteroatoms. The monoisotopic (exact) mass is 2080 g/mol. The summed E-state index contributed by atoms with van der Waals surface area (Å²) in [7, 11) is 0. The van der Waals surface area contributed by atoms with Gasteiger partial charge in [-0.1, -0.05) is 330 Å². The maximum Gasteiger partial charge on any atom is 0.316 e. The minimum absolute atomic E-state index is 0.0281. The van der Waals surface area contributed by atoms with Gasteiger partial charge in [0.05, 0.1) is 58.6 Å². The van der Waals surface area contributed by atoms with Gasteiger partial charge < -0.3 is 49.2 Å². The van der Waals surface area contributed by atoms with E-state index in [1.54, 1.807) is 0 Å². The van der Waals surface area contributed by atoms with Crippen LogP contribution in [0.1, 0.15) is 522 Å². The first kappa shape index (κ1) is 134. The number of carbonyl (C=O) groups is 7. The van der Waals surface area contributed by atoms with Crippen LogP contribution in [0.2, 0.25) is 0 Å². The maximum absolute atomic E-state index is 12.7. The normalized spacial score (nSPS) is 34.8. The molecule has 856 valence electrons. The molecule has 21 atom stereocenters. The lowest BCUT2D eigenvalue weighted by Gasteiger charge is -2.60. The van der Waals surface area contributed by atoms with Crippen LogP contribution >= 0.6 is 0 Å². The topological polar surface area (TPSA) is 267 Å². The van der Waals surface area contributed by atoms with E-state index in [1.165, 1.54) is 122 Å². The Balaban J connectivity index is 0.000000296. The number of rotatable bonds is 14. The van der Waals surface area contributed by atoms with E-state index in [1.807, 2.05) is 151 Å². The summed E-state index contributed by atoms with van der Waals surface area (Å²) in [6, 6.07) is 19.6. The summed E-state index contributed by atoms with van der Waals surface area (Å²) in [5.74, 6) is 7.53. The van der Waals surface area contributed by atoms with Gasteiger partial charge in [-0.15, -0.1) is 26.3 Å². The number of ketones is 2. The average molecular weight is 2090 g/mol. The minimum Gasteiger partial charge on any atom is -0.462 e. The zero-order valence-corrected chi connectivity index (χ0v) is 101. The van der Waals surface area contributed by atoms with Crippen molar-refractivity contribution in [3.05, 3.63) is 98.1 Å². The Hall–Kier alpha value is -5.59. The number of fused-ring (bicyclic) bond motifs is 9. The first-order chi connectivity index (χ1) is 69.6. The number of hydrogen-bond donors (Lipinski definition) is 5. The van der Waals surface area contributed by atoms with Crippen molar-refractivity contribution in [2.75, 3.05) is 0 Å². The van der Waals surface area contributed by atoms with Gasteiger partial charge in [-0.3, -0.25) is 33.6 Å². The first-order valence-corrected chi connectivity index (χ1v) is 60.4. The predicted octanol–water partition coefficient (Wildman–Crippen LogP) is 32.4. The van der Waals surface area contributed by atoms with Crippen LogP contribution in [0.15, 0.2) is 87.0 Å². The quantitative estimate of drug-likeness (QED) is 0.0668. The van der Waals surface area contributed by atoms with Crippen molar-refractivity contribution < 1.29 is 82.8 Å². The number of carbonyl (C=O) groups excluding carboxylic acids is 7. The van der Waals surface area contributed by atoms with Crippen LogP contribution in [0.25, 0.3) is 0 Å². The minimum atomic E-state index is -0.708. The third-order valence-corrected chi connectivity index (χ3v) is 41.0. The van der Waals surface area contributed by atoms with E-state index in [0.717, 1.165) is 157 Å². The molecule has 0 bridgehead atoms. The van der Waals surface area contributed by atoms with E-state index in [0.29, 0.717) is 97.1 Å². The van der Waals surface area contributed by atoms with Crippen molar-refractivity contribution in [1.29, 1.82) is 0 Å². The molecule has 3 saturated heterocycles. The Bertz CT molecular complexity index is 4310. The molecule has 5 N–H and O–H groups in total. The van der Waals surface area contributed by atoms with Crippen LogP contribution in [-0.4, -0.2) is 124 Å². The molecule has 3 aliphatic heterocycles. The molecule has 0 spiro atoms. The number of Topliss-reactive ketones (excluding diaryl/α,β-unsaturated/α-hetero) is 2. The molecule has 0 amide bonds. The smallest absolute Gasteiger partial charge is 0.316 e. The van der Waals surface area contributed by atoms with Crippen molar-refractivity contribution in [2.45, 2.75) is 579 Å². The summed E-state index contributed by atoms with van der Waals surface area (Å²) in [5.41, 5.74) is -1.47. The highest BCUT2D eigenvalue weighted by Crippen LogP contribution is 2.68. The van der Waals surface area contributed by atoms with Crippen LogP contribution in [0.3, 0.4) is 0 Å². The number of ether oxygens (including phenoxy) is 5. The standard InChI is InChI=1S/C20H30O2.C19H28O3.C16H24O3.C16H26O3.C16H26O2.C10H20.C9H16O2.2C9H18O.2C2H6.2C2H4/c1-5-15-12-13-18(14-16(15)6-2)22-19(21)20(3,4)17-10-8-7-9-11-17;1-14(2)19(21)12-8-11-16(13-19)22-17(20)18(3,4)15-9-6-5-7-10-15;1-14(2)7-6-12(17)16(4)10(14)5-8-15(3)11(16)9-13(18)19-15;1-14(2)8-10(17)9-15(3)11(14)5-6-16(4)12(15)7-13(18)19-16;1-14(2)7-5-8-15(3)11(14)6-9-16(4)12(15)10-13(17)18-16;1-3-9-7-5-6-8-10(9)4-2;1-7(2)9(11)5-3-4-8(10)6-9;2*1-8(2)9(10)6-4-3-5-7-9;4*1-2/h7-11,15-16,18H,5-6,12-14H2,1-4H3;5-7,9-10,14,16,21H,8,11-13H2,1-4H3;10-11H,5-9H2,1-4H3;10-12,17H,5-9H2,1-4H3;11-12H,5-10H2,1-4H3;9-10H,3-8H2,1-2H3;7,11H,3-6H2,1-2H3;2*8,10H,3-7H2,1-2H3;2*1-2H3;2*1-2H2/t15-,16+,18+;16-,19-;;;;;9-;;;;;;/m01....1....../s1. The van der Waals surface area contributed by atoms with Gasteiger partial charge in [0.2, 0.25) is 0 Å². The predicted molar refractivity (Wildman–Crippen MR) is 614 cm³/mol. The summed E-state index contributed by atoms with van der Waals surface area (Å²) in [4.78, 5) is 84.3. The number of esters is 5. The summed E-state index contributed by atoms with van der Waals surface area (Å²) < 4.78 is 28.6. The van der Waals surface area contributed by atoms with Gasteiger partial charge >= 0.3 is 29.8 Å². The lowest BCUT2D eigenvalue weighted by molar-refractivity contribution is -0.176. The second-order valence-electron chi connectivity index (χ2n) is 53.6. The molecule has 15 unspecified atom stereocenters. The molecule has 0 aromatic heterocycles. The molecule has 2 aromatic rings. The molecular weight excluding hydrogens is 1860 g/mol. The second-order valence-corrected chi connectivity index (χ2v) is 53.6. The zero-order valence-electron chi connectivity index (χ0n) is 101. The molecule has 2 aromatic carbocycles. The van der Waals surface area contributed by atoms with Crippen molar-refractivity contribution in [1.82, 2.24) is 0 Å². The molecule has 12 saturated carbocycles. The Kier molecular flexibility index (Phi) is 51.7. The molecule has 15 fully saturated rings. The van der Waals surface area contributed by atoms with Crippen molar-refractivity contribution >= 4 is 41.4 Å². The number of benzene rings is 2. The van der Waals surface area contributed by atoms with Crippen molar-refractivity contribution in [2.24, 2.45) is 115 Å². The van der Waals surface area contributed by atoms with Gasteiger partial charge in [0.15, 0.2) is 0 Å². The summed E-state index contributed by atoms with van der Waals surface area (Å²) in [5, 5.41) is 50.7. The summed E-state index contributed by atoms with van der Waals surface area (Å²) in [6.07, 6.45) is 46.6. The van der Waals surface area contributed by atoms with E-state index < -0.39 is 27.6 Å². The van der Waals surface area contributed by atoms with E-state index in [4.69, 9.17) is 23.7 Å². The van der Waals surface area contributed by atoms with E-state index in [9.17, 15) is 59.1 Å². The van der Waals surface area contributed by atoms with Gasteiger partial charge in [0.25, 0.3) is 0 Å². The second kappa shape index (κ2) is 57.6.